The Kier molecular flexibility index (Phi) is 6.78. The van der Waals surface area contributed by atoms with E-state index in [1.807, 2.05) is 0 Å². The predicted octanol–water partition coefficient (Wildman–Crippen LogP) is 4.71. The van der Waals surface area contributed by atoms with Crippen molar-refractivity contribution in [3.63, 3.8) is 0 Å². The second-order valence-electron chi connectivity index (χ2n) is 6.97. The van der Waals surface area contributed by atoms with Gasteiger partial charge in [0.15, 0.2) is 5.70 Å². The average Bonchev–Trinajstić information content (AvgIpc) is 2.74. The number of H-pyrrole nitrogens is 1. The zero-order chi connectivity index (χ0) is 24.3. The van der Waals surface area contributed by atoms with Gasteiger partial charge in [0.05, 0.1) is 28.9 Å². The fourth-order valence-electron chi connectivity index (χ4n) is 3.02. The molecule has 0 bridgehead atoms. The van der Waals surface area contributed by atoms with Crippen molar-refractivity contribution in [2.45, 2.75) is 13.8 Å². The van der Waals surface area contributed by atoms with Crippen molar-refractivity contribution in [3.8, 4) is 5.75 Å². The lowest BCUT2D eigenvalue weighted by molar-refractivity contribution is -0.113. The number of aliphatic hydroxyl groups excluding tert-OH is 1. The predicted molar refractivity (Wildman–Crippen MR) is 123 cm³/mol. The number of pyridine rings is 1. The van der Waals surface area contributed by atoms with E-state index in [2.05, 4.69) is 20.5 Å². The molecule has 3 rings (SSSR count). The zero-order valence-corrected chi connectivity index (χ0v) is 18.5. The Morgan fingerprint density at radius 2 is 1.88 bits per heavy atom. The summed E-state index contributed by atoms with van der Waals surface area (Å²) in [4.78, 5) is 38.4. The van der Waals surface area contributed by atoms with Crippen molar-refractivity contribution in [2.24, 2.45) is 10.2 Å². The third-order valence-corrected chi connectivity index (χ3v) is 4.93. The van der Waals surface area contributed by atoms with E-state index >= 15 is 0 Å². The van der Waals surface area contributed by atoms with Crippen molar-refractivity contribution in [1.29, 1.82) is 0 Å². The topological polar surface area (TPSA) is 153 Å². The molecule has 0 unspecified atom stereocenters. The Bertz CT molecular complexity index is 1390. The number of halogens is 1. The van der Waals surface area contributed by atoms with E-state index in [0.29, 0.717) is 5.52 Å². The Hall–Kier alpha value is -4.18. The summed E-state index contributed by atoms with van der Waals surface area (Å²) in [5.74, 6) is -2.29. The van der Waals surface area contributed by atoms with Gasteiger partial charge in [0.1, 0.15) is 17.2 Å². The number of aromatic carboxylic acids is 1. The van der Waals surface area contributed by atoms with Gasteiger partial charge in [-0.05, 0) is 49.7 Å². The number of fused-ring (bicyclic) bond motifs is 1. The first-order valence-corrected chi connectivity index (χ1v) is 9.86. The van der Waals surface area contributed by atoms with Crippen molar-refractivity contribution in [2.75, 3.05) is 12.4 Å². The standard InChI is InChI=1S/C22H19ClN4O6/c1-10-6-19(29)24-15-9-16(14(23)8-13(10)15)26-27-20(11(2)28)21(30)25-17-7-12(22(31)32)4-5-18(17)33-3/h4-9,28H,1-3H3,(H,24,29)(H,25,30)(H,31,32). The van der Waals surface area contributed by atoms with E-state index < -0.39 is 23.3 Å². The van der Waals surface area contributed by atoms with Crippen LogP contribution in [0.4, 0.5) is 11.4 Å². The quantitative estimate of drug-likeness (QED) is 0.232. The fourth-order valence-corrected chi connectivity index (χ4v) is 3.22. The highest BCUT2D eigenvalue weighted by Crippen LogP contribution is 2.31. The summed E-state index contributed by atoms with van der Waals surface area (Å²) < 4.78 is 5.14. The number of aromatic amines is 1. The van der Waals surface area contributed by atoms with Gasteiger partial charge in [-0.3, -0.25) is 9.59 Å². The van der Waals surface area contributed by atoms with Crippen molar-refractivity contribution >= 4 is 45.8 Å². The molecule has 1 amide bonds. The van der Waals surface area contributed by atoms with Gasteiger partial charge in [-0.1, -0.05) is 11.6 Å². The van der Waals surface area contributed by atoms with Crippen LogP contribution in [0.25, 0.3) is 10.9 Å². The van der Waals surface area contributed by atoms with Gasteiger partial charge in [0, 0.05) is 11.5 Å². The zero-order valence-electron chi connectivity index (χ0n) is 17.8. The van der Waals surface area contributed by atoms with E-state index in [0.717, 1.165) is 10.9 Å². The lowest BCUT2D eigenvalue weighted by atomic mass is 10.1. The Labute approximate surface area is 192 Å². The van der Waals surface area contributed by atoms with E-state index in [4.69, 9.17) is 16.3 Å². The molecule has 0 atom stereocenters. The van der Waals surface area contributed by atoms with E-state index in [-0.39, 0.29) is 33.3 Å². The number of methoxy groups -OCH3 is 1. The number of rotatable bonds is 6. The third-order valence-electron chi connectivity index (χ3n) is 4.63. The van der Waals surface area contributed by atoms with Crippen LogP contribution >= 0.6 is 11.6 Å². The van der Waals surface area contributed by atoms with Gasteiger partial charge < -0.3 is 25.3 Å². The molecule has 10 nitrogen and oxygen atoms in total. The summed E-state index contributed by atoms with van der Waals surface area (Å²) >= 11 is 6.28. The maximum Gasteiger partial charge on any atom is 0.335 e. The molecule has 1 heterocycles. The molecule has 33 heavy (non-hydrogen) atoms. The van der Waals surface area contributed by atoms with Gasteiger partial charge in [0.25, 0.3) is 5.91 Å². The SMILES string of the molecule is COc1ccc(C(=O)O)cc1NC(=O)C(N=Nc1cc2[nH]c(=O)cc(C)c2cc1Cl)=C(C)O. The lowest BCUT2D eigenvalue weighted by Crippen LogP contribution is -2.15. The Balaban J connectivity index is 1.95. The molecule has 11 heteroatoms. The highest BCUT2D eigenvalue weighted by Gasteiger charge is 2.17. The summed E-state index contributed by atoms with van der Waals surface area (Å²) in [5.41, 5.74) is 0.606. The summed E-state index contributed by atoms with van der Waals surface area (Å²) in [6, 6.07) is 8.45. The first kappa shape index (κ1) is 23.5. The minimum Gasteiger partial charge on any atom is -0.510 e. The number of ether oxygens (including phenoxy) is 1. The fraction of sp³-hybridized carbons (Fsp3) is 0.136. The van der Waals surface area contributed by atoms with Gasteiger partial charge >= 0.3 is 5.97 Å². The van der Waals surface area contributed by atoms with Crippen LogP contribution in [0.1, 0.15) is 22.8 Å². The Morgan fingerprint density at radius 1 is 1.15 bits per heavy atom. The van der Waals surface area contributed by atoms with Crippen LogP contribution in [0.2, 0.25) is 5.02 Å². The van der Waals surface area contributed by atoms with Gasteiger partial charge in [-0.2, -0.15) is 0 Å². The number of azo groups is 1. The number of nitrogens with zero attached hydrogens (tertiary/aromatic N) is 2. The van der Waals surface area contributed by atoms with Crippen LogP contribution in [0.5, 0.6) is 5.75 Å². The molecular formula is C22H19ClN4O6. The molecular weight excluding hydrogens is 452 g/mol. The highest BCUT2D eigenvalue weighted by atomic mass is 35.5. The van der Waals surface area contributed by atoms with Crippen LogP contribution in [0.15, 0.2) is 62.9 Å². The summed E-state index contributed by atoms with van der Waals surface area (Å²) in [7, 11) is 1.35. The maximum absolute atomic E-state index is 12.7. The Morgan fingerprint density at radius 3 is 2.52 bits per heavy atom. The minimum absolute atomic E-state index is 0.0631. The first-order valence-electron chi connectivity index (χ1n) is 9.48. The first-order chi connectivity index (χ1) is 15.6. The highest BCUT2D eigenvalue weighted by molar-refractivity contribution is 6.33. The average molecular weight is 471 g/mol. The number of carbonyl (C=O) groups is 2. The van der Waals surface area contributed by atoms with Crippen LogP contribution in [-0.4, -0.2) is 34.2 Å². The number of carbonyl (C=O) groups excluding carboxylic acids is 1. The molecule has 0 aliphatic rings. The lowest BCUT2D eigenvalue weighted by Gasteiger charge is -2.11. The normalized spacial score (nSPS) is 12.0. The number of hydrogen-bond donors (Lipinski definition) is 4. The number of anilines is 1. The molecule has 0 saturated carbocycles. The number of nitrogens with one attached hydrogen (secondary N) is 2. The molecule has 0 spiro atoms. The van der Waals surface area contributed by atoms with Gasteiger partial charge in [-0.25, -0.2) is 4.79 Å². The van der Waals surface area contributed by atoms with Gasteiger partial charge in [0.2, 0.25) is 5.56 Å². The third kappa shape index (κ3) is 5.18. The van der Waals surface area contributed by atoms with Gasteiger partial charge in [-0.15, -0.1) is 10.2 Å². The second-order valence-corrected chi connectivity index (χ2v) is 7.38. The number of aromatic nitrogens is 1. The smallest absolute Gasteiger partial charge is 0.335 e. The van der Waals surface area contributed by atoms with Crippen molar-refractivity contribution < 1.29 is 24.5 Å². The minimum atomic E-state index is -1.19. The molecule has 170 valence electrons. The number of hydrogen-bond acceptors (Lipinski definition) is 7. The van der Waals surface area contributed by atoms with E-state index in [1.165, 1.54) is 44.4 Å². The summed E-state index contributed by atoms with van der Waals surface area (Å²) in [6.07, 6.45) is 0. The number of carboxylic acids is 1. The molecule has 0 saturated heterocycles. The number of carboxylic acid groups (broad SMARTS) is 1. The number of amides is 1. The van der Waals surface area contributed by atoms with E-state index in [9.17, 15) is 24.6 Å². The number of allylic oxidation sites excluding steroid dienone is 1. The molecule has 0 aliphatic heterocycles. The molecule has 1 aromatic heterocycles. The van der Waals surface area contributed by atoms with E-state index in [1.54, 1.807) is 13.0 Å². The summed E-state index contributed by atoms with van der Waals surface area (Å²) in [6.45, 7) is 3.00. The van der Waals surface area contributed by atoms with Crippen molar-refractivity contribution in [3.05, 3.63) is 74.4 Å². The maximum atomic E-state index is 12.7. The molecule has 0 radical (unpaired) electrons. The number of benzene rings is 2. The molecule has 0 fully saturated rings. The summed E-state index contributed by atoms with van der Waals surface area (Å²) in [5, 5.41) is 30.3. The number of aliphatic hydroxyl groups is 1. The number of aryl methyl sites for hydroxylation is 1. The van der Waals surface area contributed by atoms with Crippen LogP contribution in [0.3, 0.4) is 0 Å². The molecule has 3 aromatic rings. The largest absolute Gasteiger partial charge is 0.510 e. The van der Waals surface area contributed by atoms with Crippen LogP contribution in [0, 0.1) is 6.92 Å². The van der Waals surface area contributed by atoms with Crippen molar-refractivity contribution in [1.82, 2.24) is 4.98 Å². The monoisotopic (exact) mass is 470 g/mol. The second kappa shape index (κ2) is 9.53. The molecule has 4 N–H and O–H groups in total. The molecule has 2 aromatic carbocycles. The molecule has 0 aliphatic carbocycles. The van der Waals surface area contributed by atoms with Crippen LogP contribution in [-0.2, 0) is 4.79 Å². The van der Waals surface area contributed by atoms with Crippen LogP contribution < -0.4 is 15.6 Å².